The fourth-order valence-electron chi connectivity index (χ4n) is 3.78. The number of nitrogens with zero attached hydrogens (tertiary/aromatic N) is 4. The highest BCUT2D eigenvalue weighted by molar-refractivity contribution is 6.45. The molecule has 2 heterocycles. The number of carboxylic acids is 1. The average molecular weight is 420 g/mol. The third-order valence-corrected chi connectivity index (χ3v) is 5.33. The molecule has 1 aliphatic heterocycles. The van der Waals surface area contributed by atoms with Crippen LogP contribution in [-0.2, 0) is 4.79 Å². The van der Waals surface area contributed by atoms with E-state index in [0.717, 1.165) is 5.56 Å². The highest BCUT2D eigenvalue weighted by atomic mass is 16.4. The van der Waals surface area contributed by atoms with Crippen LogP contribution in [0.4, 0.5) is 5.69 Å². The van der Waals surface area contributed by atoms with Gasteiger partial charge in [-0.05, 0) is 42.2 Å². The van der Waals surface area contributed by atoms with Gasteiger partial charge >= 0.3 is 11.8 Å². The molecule has 2 aromatic carbocycles. The Morgan fingerprint density at radius 3 is 2.52 bits per heavy atom. The third-order valence-electron chi connectivity index (χ3n) is 5.33. The van der Waals surface area contributed by atoms with Crippen molar-refractivity contribution in [1.29, 1.82) is 0 Å². The number of quaternary nitrogens is 1. The lowest BCUT2D eigenvalue weighted by Crippen LogP contribution is -2.64. The molecule has 158 valence electrons. The number of phenolic OH excluding ortho intramolecular Hbond substituents is 2. The summed E-state index contributed by atoms with van der Waals surface area (Å²) in [5, 5.41) is 39.2. The molecule has 0 aliphatic carbocycles. The summed E-state index contributed by atoms with van der Waals surface area (Å²) in [6.07, 6.45) is 1.71. The highest BCUT2D eigenvalue weighted by Crippen LogP contribution is 2.38. The fraction of sp³-hybridized carbons (Fsp3) is 0.182. The number of benzene rings is 2. The molecular weight excluding hydrogens is 398 g/mol. The molecule has 9 heteroatoms. The van der Waals surface area contributed by atoms with Crippen molar-refractivity contribution in [2.45, 2.75) is 26.7 Å². The molecule has 1 aromatic heterocycles. The van der Waals surface area contributed by atoms with Crippen LogP contribution in [-0.4, -0.2) is 37.9 Å². The zero-order chi connectivity index (χ0) is 22.5. The van der Waals surface area contributed by atoms with Crippen LogP contribution in [0.2, 0.25) is 0 Å². The lowest BCUT2D eigenvalue weighted by atomic mass is 9.97. The number of fused-ring (bicyclic) bond motifs is 1. The predicted molar refractivity (Wildman–Crippen MR) is 118 cm³/mol. The maximum atomic E-state index is 12.1. The van der Waals surface area contributed by atoms with Crippen LogP contribution in [0, 0.1) is 6.92 Å². The normalized spacial score (nSPS) is 18.4. The van der Waals surface area contributed by atoms with Crippen LogP contribution < -0.4 is 10.4 Å². The Bertz CT molecular complexity index is 1300. The summed E-state index contributed by atoms with van der Waals surface area (Å²) in [6, 6.07) is 9.82. The standard InChI is InChI=1S/C22H21N5O4/c1-11(2)13-8-15(19(29)9-18(13)28)20-25-26-21(22(30)31)27(20,23)17-6-4-5-16-14(17)7-12(3)10-24-16/h4-11H,23H2,1-3H3,(H2-,25,28,29,30,31)/p+1. The second kappa shape index (κ2) is 7.15. The van der Waals surface area contributed by atoms with Gasteiger partial charge in [-0.25, -0.2) is 4.79 Å². The van der Waals surface area contributed by atoms with Crippen molar-refractivity contribution in [2.75, 3.05) is 0 Å². The first kappa shape index (κ1) is 20.5. The van der Waals surface area contributed by atoms with Crippen LogP contribution in [0.3, 0.4) is 0 Å². The number of hydrogen-bond donors (Lipinski definition) is 4. The van der Waals surface area contributed by atoms with Crippen molar-refractivity contribution >= 4 is 34.2 Å². The number of amidine groups is 2. The number of rotatable bonds is 4. The number of carboxylic acid groups (broad SMARTS) is 1. The van der Waals surface area contributed by atoms with E-state index >= 15 is 0 Å². The molecular formula is C22H22N5O4+. The Labute approximate surface area is 178 Å². The number of aliphatic carboxylic acids is 1. The lowest BCUT2D eigenvalue weighted by molar-refractivity contribution is -0.129. The van der Waals surface area contributed by atoms with Gasteiger partial charge in [0.05, 0.1) is 10.9 Å². The average Bonchev–Trinajstić information content (AvgIpc) is 3.05. The molecule has 0 spiro atoms. The van der Waals surface area contributed by atoms with Crippen LogP contribution in [0.1, 0.15) is 36.5 Å². The van der Waals surface area contributed by atoms with Gasteiger partial charge in [0.15, 0.2) is 5.69 Å². The molecule has 5 N–H and O–H groups in total. The molecule has 1 unspecified atom stereocenters. The van der Waals surface area contributed by atoms with E-state index in [0.29, 0.717) is 22.2 Å². The number of aromatic nitrogens is 1. The van der Waals surface area contributed by atoms with E-state index in [1.54, 1.807) is 30.5 Å². The summed E-state index contributed by atoms with van der Waals surface area (Å²) in [5.74, 6) is 4.56. The minimum atomic E-state index is -1.35. The summed E-state index contributed by atoms with van der Waals surface area (Å²) < 4.78 is -0.867. The highest BCUT2D eigenvalue weighted by Gasteiger charge is 2.51. The van der Waals surface area contributed by atoms with Crippen molar-refractivity contribution in [3.8, 4) is 11.5 Å². The predicted octanol–water partition coefficient (Wildman–Crippen LogP) is 3.12. The number of aryl methyl sites for hydroxylation is 1. The summed E-state index contributed by atoms with van der Waals surface area (Å²) in [6.45, 7) is 5.64. The largest absolute Gasteiger partial charge is 0.508 e. The van der Waals surface area contributed by atoms with E-state index in [2.05, 4.69) is 15.2 Å². The van der Waals surface area contributed by atoms with Gasteiger partial charge in [-0.15, -0.1) is 4.59 Å². The maximum Gasteiger partial charge on any atom is 0.416 e. The Kier molecular flexibility index (Phi) is 4.72. The van der Waals surface area contributed by atoms with Gasteiger partial charge in [0.25, 0.3) is 5.84 Å². The van der Waals surface area contributed by atoms with Gasteiger partial charge in [0, 0.05) is 18.3 Å². The van der Waals surface area contributed by atoms with Gasteiger partial charge in [-0.1, -0.05) is 30.1 Å². The molecule has 1 atom stereocenters. The van der Waals surface area contributed by atoms with E-state index in [-0.39, 0.29) is 28.8 Å². The number of carbonyl (C=O) groups is 1. The van der Waals surface area contributed by atoms with Crippen LogP contribution >= 0.6 is 0 Å². The van der Waals surface area contributed by atoms with E-state index in [1.807, 2.05) is 26.8 Å². The smallest absolute Gasteiger partial charge is 0.416 e. The maximum absolute atomic E-state index is 12.1. The molecule has 0 amide bonds. The van der Waals surface area contributed by atoms with Gasteiger partial charge in [-0.3, -0.25) is 4.98 Å². The molecule has 9 nitrogen and oxygen atoms in total. The fourth-order valence-corrected chi connectivity index (χ4v) is 3.78. The van der Waals surface area contributed by atoms with E-state index in [1.165, 1.54) is 6.07 Å². The van der Waals surface area contributed by atoms with Gasteiger partial charge in [0.1, 0.15) is 17.1 Å². The van der Waals surface area contributed by atoms with Crippen molar-refractivity contribution in [2.24, 2.45) is 16.0 Å². The quantitative estimate of drug-likeness (QED) is 0.377. The van der Waals surface area contributed by atoms with E-state index < -0.39 is 16.4 Å². The van der Waals surface area contributed by atoms with E-state index in [4.69, 9.17) is 5.84 Å². The molecule has 0 saturated heterocycles. The molecule has 4 rings (SSSR count). The van der Waals surface area contributed by atoms with Gasteiger partial charge < -0.3 is 15.3 Å². The minimum absolute atomic E-state index is 0.0193. The second-order valence-electron chi connectivity index (χ2n) is 7.81. The van der Waals surface area contributed by atoms with E-state index in [9.17, 15) is 20.1 Å². The minimum Gasteiger partial charge on any atom is -0.508 e. The molecule has 0 bridgehead atoms. The number of hydrogen-bond acceptors (Lipinski definition) is 7. The SMILES string of the molecule is Cc1cnc2cccc([N+]3(N)C(C(=O)O)=NN=C3c3cc(C(C)C)c(O)cc3O)c2c1. The van der Waals surface area contributed by atoms with Gasteiger partial charge in [0.2, 0.25) is 0 Å². The number of pyridine rings is 1. The molecule has 31 heavy (non-hydrogen) atoms. The Morgan fingerprint density at radius 2 is 1.84 bits per heavy atom. The molecule has 3 aromatic rings. The zero-order valence-electron chi connectivity index (χ0n) is 17.2. The molecule has 1 aliphatic rings. The van der Waals surface area contributed by atoms with Crippen molar-refractivity contribution in [3.63, 3.8) is 0 Å². The van der Waals surface area contributed by atoms with Gasteiger partial charge in [-0.2, -0.15) is 5.84 Å². The van der Waals surface area contributed by atoms with Crippen molar-refractivity contribution in [3.05, 3.63) is 59.3 Å². The van der Waals surface area contributed by atoms with Crippen molar-refractivity contribution < 1.29 is 20.1 Å². The Morgan fingerprint density at radius 1 is 1.10 bits per heavy atom. The van der Waals surface area contributed by atoms with Crippen LogP contribution in [0.5, 0.6) is 11.5 Å². The summed E-state index contributed by atoms with van der Waals surface area (Å²) in [7, 11) is 0. The van der Waals surface area contributed by atoms with Crippen LogP contribution in [0.15, 0.2) is 52.8 Å². The molecule has 0 fully saturated rings. The van der Waals surface area contributed by atoms with Crippen LogP contribution in [0.25, 0.3) is 10.9 Å². The first-order chi connectivity index (χ1) is 14.6. The number of nitrogens with two attached hydrogens (primary N) is 1. The first-order valence-corrected chi connectivity index (χ1v) is 9.64. The Hall–Kier alpha value is -3.82. The summed E-state index contributed by atoms with van der Waals surface area (Å²) in [5.41, 5.74) is 2.63. The molecule has 0 saturated carbocycles. The summed E-state index contributed by atoms with van der Waals surface area (Å²) in [4.78, 5) is 16.5. The number of phenols is 2. The lowest BCUT2D eigenvalue weighted by Gasteiger charge is -2.28. The Balaban J connectivity index is 2.02. The topological polar surface area (TPSA) is 141 Å². The zero-order valence-corrected chi connectivity index (χ0v) is 17.2. The summed E-state index contributed by atoms with van der Waals surface area (Å²) >= 11 is 0. The third kappa shape index (κ3) is 3.11. The second-order valence-corrected chi connectivity index (χ2v) is 7.81. The van der Waals surface area contributed by atoms with Crippen molar-refractivity contribution in [1.82, 2.24) is 9.58 Å². The number of aromatic hydroxyl groups is 2. The molecule has 0 radical (unpaired) electrons. The monoisotopic (exact) mass is 420 g/mol. The first-order valence-electron chi connectivity index (χ1n) is 9.64.